The van der Waals surface area contributed by atoms with Crippen LogP contribution in [-0.4, -0.2) is 11.6 Å². The number of carbonyl (C=O) groups excluding carboxylic acids is 2. The van der Waals surface area contributed by atoms with Gasteiger partial charge in [0.15, 0.2) is 0 Å². The van der Waals surface area contributed by atoms with Gasteiger partial charge in [-0.05, 0) is 35.1 Å². The summed E-state index contributed by atoms with van der Waals surface area (Å²) in [5.74, 6) is -0.152. The van der Waals surface area contributed by atoms with Crippen molar-refractivity contribution in [3.8, 4) is 0 Å². The van der Waals surface area contributed by atoms with Crippen LogP contribution >= 0.6 is 0 Å². The minimum absolute atomic E-state index is 0.216. The van der Waals surface area contributed by atoms with E-state index in [1.807, 2.05) is 36.4 Å². The largest absolute Gasteiger partial charge is 0.299 e. The number of benzene rings is 2. The number of aryl methyl sites for hydroxylation is 2. The van der Waals surface area contributed by atoms with Gasteiger partial charge in [-0.2, -0.15) is 0 Å². The highest BCUT2D eigenvalue weighted by atomic mass is 16.1. The van der Waals surface area contributed by atoms with Crippen molar-refractivity contribution < 1.29 is 9.59 Å². The molecule has 2 atom stereocenters. The van der Waals surface area contributed by atoms with E-state index in [1.54, 1.807) is 0 Å². The van der Waals surface area contributed by atoms with E-state index in [4.69, 9.17) is 0 Å². The van der Waals surface area contributed by atoms with Gasteiger partial charge in [0.1, 0.15) is 11.6 Å². The molecule has 2 nitrogen and oxygen atoms in total. The zero-order valence-corrected chi connectivity index (χ0v) is 12.4. The molecule has 4 rings (SSSR count). The number of rotatable bonds is 1. The topological polar surface area (TPSA) is 34.1 Å². The lowest BCUT2D eigenvalue weighted by Crippen LogP contribution is -2.33. The van der Waals surface area contributed by atoms with Crippen molar-refractivity contribution in [2.45, 2.75) is 37.5 Å². The number of Topliss-reactive ketones (excluding diaryl/α,β-unsaturated/α-hetero) is 2. The number of hydrogen-bond donors (Lipinski definition) is 0. The fraction of sp³-hybridized carbons (Fsp3) is 0.300. The minimum atomic E-state index is -0.293. The predicted molar refractivity (Wildman–Crippen MR) is 85.0 cm³/mol. The van der Waals surface area contributed by atoms with E-state index in [0.717, 1.165) is 24.0 Å². The van der Waals surface area contributed by atoms with Crippen LogP contribution in [0.15, 0.2) is 48.5 Å². The van der Waals surface area contributed by atoms with Crippen molar-refractivity contribution in [3.63, 3.8) is 0 Å². The first-order chi connectivity index (χ1) is 10.8. The van der Waals surface area contributed by atoms with E-state index in [1.165, 1.54) is 11.1 Å². The maximum Gasteiger partial charge on any atom is 0.141 e. The molecule has 0 radical (unpaired) electrons. The molecule has 2 aliphatic carbocycles. The number of fused-ring (bicyclic) bond motifs is 2. The highest BCUT2D eigenvalue weighted by molar-refractivity contribution is 5.98. The van der Waals surface area contributed by atoms with Crippen LogP contribution in [0.5, 0.6) is 0 Å². The Balaban J connectivity index is 1.88. The van der Waals surface area contributed by atoms with E-state index in [0.29, 0.717) is 12.8 Å². The van der Waals surface area contributed by atoms with Crippen molar-refractivity contribution in [3.05, 3.63) is 70.8 Å². The normalized spacial score (nSPS) is 23.8. The average molecular weight is 290 g/mol. The summed E-state index contributed by atoms with van der Waals surface area (Å²) in [5, 5.41) is 0. The molecule has 2 unspecified atom stereocenters. The second-order valence-electron chi connectivity index (χ2n) is 6.29. The Morgan fingerprint density at radius 3 is 1.45 bits per heavy atom. The molecule has 0 N–H and O–H groups in total. The molecule has 2 aromatic carbocycles. The van der Waals surface area contributed by atoms with Gasteiger partial charge in [0, 0.05) is 12.8 Å². The summed E-state index contributed by atoms with van der Waals surface area (Å²) in [5.41, 5.74) is 4.58. The fourth-order valence-electron chi connectivity index (χ4n) is 4.04. The van der Waals surface area contributed by atoms with Gasteiger partial charge < -0.3 is 0 Å². The molecule has 2 aromatic rings. The van der Waals surface area contributed by atoms with Gasteiger partial charge in [-0.3, -0.25) is 9.59 Å². The molecular weight excluding hydrogens is 272 g/mol. The van der Waals surface area contributed by atoms with Crippen LogP contribution in [0.25, 0.3) is 0 Å². The van der Waals surface area contributed by atoms with Gasteiger partial charge in [0.2, 0.25) is 0 Å². The van der Waals surface area contributed by atoms with Crippen LogP contribution < -0.4 is 0 Å². The summed E-state index contributed by atoms with van der Waals surface area (Å²) in [6.45, 7) is 0. The fourth-order valence-corrected chi connectivity index (χ4v) is 4.04. The quantitative estimate of drug-likeness (QED) is 0.804. The highest BCUT2D eigenvalue weighted by Gasteiger charge is 2.40. The lowest BCUT2D eigenvalue weighted by Gasteiger charge is -2.34. The van der Waals surface area contributed by atoms with Gasteiger partial charge >= 0.3 is 0 Å². The van der Waals surface area contributed by atoms with E-state index in [9.17, 15) is 9.59 Å². The lowest BCUT2D eigenvalue weighted by atomic mass is 9.67. The molecule has 0 amide bonds. The zero-order valence-electron chi connectivity index (χ0n) is 12.4. The summed E-state index contributed by atoms with van der Waals surface area (Å²) in [7, 11) is 0. The Kier molecular flexibility index (Phi) is 3.18. The van der Waals surface area contributed by atoms with Crippen LogP contribution in [0.1, 0.15) is 46.9 Å². The van der Waals surface area contributed by atoms with Crippen LogP contribution in [0, 0.1) is 0 Å². The molecule has 110 valence electrons. The molecule has 0 fully saturated rings. The van der Waals surface area contributed by atoms with Crippen LogP contribution in [-0.2, 0) is 22.4 Å². The maximum absolute atomic E-state index is 12.7. The molecule has 0 spiro atoms. The molecule has 0 bridgehead atoms. The van der Waals surface area contributed by atoms with E-state index in [-0.39, 0.29) is 23.4 Å². The predicted octanol–water partition coefficient (Wildman–Crippen LogP) is 3.58. The van der Waals surface area contributed by atoms with Crippen LogP contribution in [0.3, 0.4) is 0 Å². The summed E-state index contributed by atoms with van der Waals surface area (Å²) >= 11 is 0. The van der Waals surface area contributed by atoms with Gasteiger partial charge in [0.05, 0.1) is 11.8 Å². The molecule has 2 heteroatoms. The van der Waals surface area contributed by atoms with E-state index < -0.39 is 0 Å². The van der Waals surface area contributed by atoms with Gasteiger partial charge in [-0.15, -0.1) is 0 Å². The van der Waals surface area contributed by atoms with Crippen LogP contribution in [0.2, 0.25) is 0 Å². The summed E-state index contributed by atoms with van der Waals surface area (Å²) in [4.78, 5) is 25.3. The molecule has 0 saturated carbocycles. The lowest BCUT2D eigenvalue weighted by molar-refractivity contribution is -0.127. The van der Waals surface area contributed by atoms with Crippen molar-refractivity contribution >= 4 is 11.6 Å². The standard InChI is InChI=1S/C20H18O2/c21-17-11-9-13-5-1-3-7-15(13)19(17)20-16-8-4-2-6-14(16)10-12-18(20)22/h1-8,19-20H,9-12H2. The van der Waals surface area contributed by atoms with Gasteiger partial charge in [-0.1, -0.05) is 48.5 Å². The average Bonchev–Trinajstić information content (AvgIpc) is 2.56. The monoisotopic (exact) mass is 290 g/mol. The highest BCUT2D eigenvalue weighted by Crippen LogP contribution is 2.43. The van der Waals surface area contributed by atoms with Crippen molar-refractivity contribution in [2.75, 3.05) is 0 Å². The summed E-state index contributed by atoms with van der Waals surface area (Å²) in [6.07, 6.45) is 2.70. The van der Waals surface area contributed by atoms with Crippen molar-refractivity contribution in [2.24, 2.45) is 0 Å². The van der Waals surface area contributed by atoms with Gasteiger partial charge in [-0.25, -0.2) is 0 Å². The van der Waals surface area contributed by atoms with Crippen molar-refractivity contribution in [1.82, 2.24) is 0 Å². The third-order valence-electron chi connectivity index (χ3n) is 5.09. The first-order valence-corrected chi connectivity index (χ1v) is 7.97. The number of ketones is 2. The molecule has 22 heavy (non-hydrogen) atoms. The Morgan fingerprint density at radius 1 is 0.591 bits per heavy atom. The van der Waals surface area contributed by atoms with Gasteiger partial charge in [0.25, 0.3) is 0 Å². The second-order valence-corrected chi connectivity index (χ2v) is 6.29. The molecule has 2 aliphatic rings. The molecular formula is C20H18O2. The smallest absolute Gasteiger partial charge is 0.141 e. The Morgan fingerprint density at radius 2 is 1.00 bits per heavy atom. The van der Waals surface area contributed by atoms with E-state index in [2.05, 4.69) is 12.1 Å². The Bertz CT molecular complexity index is 694. The summed E-state index contributed by atoms with van der Waals surface area (Å²) in [6, 6.07) is 16.2. The first-order valence-electron chi connectivity index (χ1n) is 7.97. The number of carbonyl (C=O) groups is 2. The third-order valence-corrected chi connectivity index (χ3v) is 5.09. The Hall–Kier alpha value is -2.22. The SMILES string of the molecule is O=C1CCc2ccccc2C1C1C(=O)CCc2ccccc21. The third kappa shape index (κ3) is 2.02. The zero-order chi connectivity index (χ0) is 15.1. The molecule has 0 saturated heterocycles. The Labute approximate surface area is 130 Å². The number of hydrogen-bond acceptors (Lipinski definition) is 2. The molecule has 0 heterocycles. The molecule has 0 aliphatic heterocycles. The summed E-state index contributed by atoms with van der Waals surface area (Å²) < 4.78 is 0. The first kappa shape index (κ1) is 13.4. The maximum atomic E-state index is 12.7. The second kappa shape index (κ2) is 5.20. The van der Waals surface area contributed by atoms with E-state index >= 15 is 0 Å². The minimum Gasteiger partial charge on any atom is -0.299 e. The van der Waals surface area contributed by atoms with Crippen molar-refractivity contribution in [1.29, 1.82) is 0 Å². The van der Waals surface area contributed by atoms with Crippen LogP contribution in [0.4, 0.5) is 0 Å². The molecule has 0 aromatic heterocycles.